The average molecular weight is 291 g/mol. The fourth-order valence-corrected chi connectivity index (χ4v) is 2.01. The lowest BCUT2D eigenvalue weighted by molar-refractivity contribution is 0.461. The monoisotopic (exact) mass is 291 g/mol. The predicted octanol–water partition coefficient (Wildman–Crippen LogP) is 4.57. The molecule has 1 N–H and O–H groups in total. The van der Waals surface area contributed by atoms with Gasteiger partial charge in [0.05, 0.1) is 0 Å². The second-order valence-electron chi connectivity index (χ2n) is 4.94. The van der Waals surface area contributed by atoms with Crippen LogP contribution in [0, 0.1) is 18.6 Å². The standard InChI is InChI=1S/C17H19F2NO/c1-3-8-20-11-13-4-5-14(9-12(13)2)21-15-6-7-16(18)17(19)10-15/h4-7,9-10,20H,3,8,11H2,1-2H3. The Kier molecular flexibility index (Phi) is 5.28. The molecule has 2 nitrogen and oxygen atoms in total. The maximum atomic E-state index is 13.1. The minimum absolute atomic E-state index is 0.283. The topological polar surface area (TPSA) is 21.3 Å². The third-order valence-corrected chi connectivity index (χ3v) is 3.18. The lowest BCUT2D eigenvalue weighted by Crippen LogP contribution is -2.14. The molecule has 0 spiro atoms. The third kappa shape index (κ3) is 4.26. The molecule has 0 bridgehead atoms. The van der Waals surface area contributed by atoms with Crippen LogP contribution in [0.25, 0.3) is 0 Å². The summed E-state index contributed by atoms with van der Waals surface area (Å²) in [5, 5.41) is 3.34. The van der Waals surface area contributed by atoms with Crippen molar-refractivity contribution in [3.8, 4) is 11.5 Å². The number of ether oxygens (including phenoxy) is 1. The van der Waals surface area contributed by atoms with E-state index in [1.54, 1.807) is 0 Å². The second kappa shape index (κ2) is 7.18. The maximum absolute atomic E-state index is 13.1. The van der Waals surface area contributed by atoms with Gasteiger partial charge in [-0.1, -0.05) is 13.0 Å². The van der Waals surface area contributed by atoms with E-state index in [9.17, 15) is 8.78 Å². The third-order valence-electron chi connectivity index (χ3n) is 3.18. The molecule has 112 valence electrons. The molecule has 0 unspecified atom stereocenters. The smallest absolute Gasteiger partial charge is 0.162 e. The number of benzene rings is 2. The van der Waals surface area contributed by atoms with Crippen LogP contribution in [0.4, 0.5) is 8.78 Å². The SMILES string of the molecule is CCCNCc1ccc(Oc2ccc(F)c(F)c2)cc1C. The molecule has 21 heavy (non-hydrogen) atoms. The molecule has 0 aliphatic carbocycles. The van der Waals surface area contributed by atoms with Crippen molar-refractivity contribution in [3.05, 3.63) is 59.2 Å². The van der Waals surface area contributed by atoms with Gasteiger partial charge in [0, 0.05) is 12.6 Å². The molecule has 4 heteroatoms. The van der Waals surface area contributed by atoms with Gasteiger partial charge in [-0.15, -0.1) is 0 Å². The highest BCUT2D eigenvalue weighted by atomic mass is 19.2. The molecule has 0 aliphatic heterocycles. The normalized spacial score (nSPS) is 10.7. The Labute approximate surface area is 123 Å². The minimum atomic E-state index is -0.912. The summed E-state index contributed by atoms with van der Waals surface area (Å²) in [6, 6.07) is 9.21. The summed E-state index contributed by atoms with van der Waals surface area (Å²) in [6.45, 7) is 5.91. The van der Waals surface area contributed by atoms with E-state index in [1.807, 2.05) is 25.1 Å². The van der Waals surface area contributed by atoms with Gasteiger partial charge < -0.3 is 10.1 Å². The van der Waals surface area contributed by atoms with Gasteiger partial charge in [-0.3, -0.25) is 0 Å². The van der Waals surface area contributed by atoms with Crippen LogP contribution >= 0.6 is 0 Å². The molecule has 0 heterocycles. The number of aryl methyl sites for hydroxylation is 1. The van der Waals surface area contributed by atoms with E-state index in [0.717, 1.165) is 37.2 Å². The van der Waals surface area contributed by atoms with Gasteiger partial charge in [0.15, 0.2) is 11.6 Å². The van der Waals surface area contributed by atoms with E-state index < -0.39 is 11.6 Å². The van der Waals surface area contributed by atoms with Crippen molar-refractivity contribution in [3.63, 3.8) is 0 Å². The van der Waals surface area contributed by atoms with E-state index in [-0.39, 0.29) is 5.75 Å². The highest BCUT2D eigenvalue weighted by Gasteiger charge is 2.06. The zero-order valence-electron chi connectivity index (χ0n) is 12.2. The van der Waals surface area contributed by atoms with E-state index in [2.05, 4.69) is 12.2 Å². The van der Waals surface area contributed by atoms with Gasteiger partial charge in [0.2, 0.25) is 0 Å². The van der Waals surface area contributed by atoms with Gasteiger partial charge in [0.25, 0.3) is 0 Å². The van der Waals surface area contributed by atoms with E-state index in [4.69, 9.17) is 4.74 Å². The van der Waals surface area contributed by atoms with Crippen LogP contribution in [0.1, 0.15) is 24.5 Å². The maximum Gasteiger partial charge on any atom is 0.162 e. The molecule has 0 aromatic heterocycles. The highest BCUT2D eigenvalue weighted by molar-refractivity contribution is 5.38. The van der Waals surface area contributed by atoms with Gasteiger partial charge >= 0.3 is 0 Å². The summed E-state index contributed by atoms with van der Waals surface area (Å²) in [5.74, 6) is -0.900. The number of rotatable bonds is 6. The molecule has 0 aliphatic rings. The first-order valence-corrected chi connectivity index (χ1v) is 7.03. The molecule has 0 fully saturated rings. The highest BCUT2D eigenvalue weighted by Crippen LogP contribution is 2.25. The summed E-state index contributed by atoms with van der Waals surface area (Å²) < 4.78 is 31.5. The van der Waals surface area contributed by atoms with Crippen molar-refractivity contribution in [2.45, 2.75) is 26.8 Å². The first-order chi connectivity index (χ1) is 10.1. The predicted molar refractivity (Wildman–Crippen MR) is 79.6 cm³/mol. The summed E-state index contributed by atoms with van der Waals surface area (Å²) in [5.41, 5.74) is 2.29. The van der Waals surface area contributed by atoms with Crippen LogP contribution in [0.3, 0.4) is 0 Å². The van der Waals surface area contributed by atoms with Crippen molar-refractivity contribution in [1.82, 2.24) is 5.32 Å². The Balaban J connectivity index is 2.07. The van der Waals surface area contributed by atoms with Gasteiger partial charge in [-0.2, -0.15) is 0 Å². The Bertz CT molecular complexity index is 614. The van der Waals surface area contributed by atoms with E-state index >= 15 is 0 Å². The first kappa shape index (κ1) is 15.4. The van der Waals surface area contributed by atoms with E-state index in [1.165, 1.54) is 11.6 Å². The minimum Gasteiger partial charge on any atom is -0.457 e. The van der Waals surface area contributed by atoms with Crippen molar-refractivity contribution >= 4 is 0 Å². The molecule has 0 saturated heterocycles. The fraction of sp³-hybridized carbons (Fsp3) is 0.294. The van der Waals surface area contributed by atoms with Crippen molar-refractivity contribution in [2.24, 2.45) is 0 Å². The lowest BCUT2D eigenvalue weighted by atomic mass is 10.1. The molecule has 2 aromatic carbocycles. The van der Waals surface area contributed by atoms with Crippen LogP contribution in [0.2, 0.25) is 0 Å². The van der Waals surface area contributed by atoms with Crippen LogP contribution < -0.4 is 10.1 Å². The average Bonchev–Trinajstić information content (AvgIpc) is 2.45. The number of nitrogens with one attached hydrogen (secondary N) is 1. The number of hydrogen-bond donors (Lipinski definition) is 1. The molecule has 0 saturated carbocycles. The zero-order chi connectivity index (χ0) is 15.2. The quantitative estimate of drug-likeness (QED) is 0.787. The Hall–Kier alpha value is -1.94. The van der Waals surface area contributed by atoms with Crippen molar-refractivity contribution in [2.75, 3.05) is 6.54 Å². The Morgan fingerprint density at radius 1 is 1.00 bits per heavy atom. The lowest BCUT2D eigenvalue weighted by Gasteiger charge is -2.11. The summed E-state index contributed by atoms with van der Waals surface area (Å²) in [6.07, 6.45) is 1.09. The Morgan fingerprint density at radius 3 is 2.38 bits per heavy atom. The van der Waals surface area contributed by atoms with Crippen LogP contribution in [0.5, 0.6) is 11.5 Å². The van der Waals surface area contributed by atoms with Gasteiger partial charge in [-0.25, -0.2) is 8.78 Å². The molecule has 2 rings (SSSR count). The number of halogens is 2. The fourth-order valence-electron chi connectivity index (χ4n) is 2.01. The van der Waals surface area contributed by atoms with Gasteiger partial charge in [0.1, 0.15) is 11.5 Å². The molecule has 2 aromatic rings. The molecule has 0 amide bonds. The molecule has 0 atom stereocenters. The molecular weight excluding hydrogens is 272 g/mol. The Morgan fingerprint density at radius 2 is 1.71 bits per heavy atom. The molecule has 0 radical (unpaired) electrons. The van der Waals surface area contributed by atoms with Crippen LogP contribution in [0.15, 0.2) is 36.4 Å². The second-order valence-corrected chi connectivity index (χ2v) is 4.94. The van der Waals surface area contributed by atoms with Crippen molar-refractivity contribution in [1.29, 1.82) is 0 Å². The number of hydrogen-bond acceptors (Lipinski definition) is 2. The summed E-state index contributed by atoms with van der Waals surface area (Å²) >= 11 is 0. The summed E-state index contributed by atoms with van der Waals surface area (Å²) in [4.78, 5) is 0. The molecular formula is C17H19F2NO. The first-order valence-electron chi connectivity index (χ1n) is 7.03. The van der Waals surface area contributed by atoms with Crippen molar-refractivity contribution < 1.29 is 13.5 Å². The van der Waals surface area contributed by atoms with Gasteiger partial charge in [-0.05, 0) is 55.3 Å². The zero-order valence-corrected chi connectivity index (χ0v) is 12.2. The van der Waals surface area contributed by atoms with Crippen LogP contribution in [-0.2, 0) is 6.54 Å². The largest absolute Gasteiger partial charge is 0.457 e. The van der Waals surface area contributed by atoms with E-state index in [0.29, 0.717) is 5.75 Å². The van der Waals surface area contributed by atoms with Crippen LogP contribution in [-0.4, -0.2) is 6.54 Å². The summed E-state index contributed by atoms with van der Waals surface area (Å²) in [7, 11) is 0.